The maximum Gasteiger partial charge on any atom is 0.264 e. The van der Waals surface area contributed by atoms with Crippen LogP contribution < -0.4 is 5.32 Å². The molecule has 0 saturated heterocycles. The first kappa shape index (κ1) is 12.5. The van der Waals surface area contributed by atoms with Crippen molar-refractivity contribution in [1.29, 1.82) is 0 Å². The monoisotopic (exact) mass is 228 g/mol. The number of amides is 1. The molecule has 1 rings (SSSR count). The van der Waals surface area contributed by atoms with Crippen molar-refractivity contribution in [2.75, 3.05) is 0 Å². The van der Waals surface area contributed by atoms with Gasteiger partial charge in [-0.1, -0.05) is 0 Å². The second-order valence-corrected chi connectivity index (χ2v) is 3.84. The molecule has 16 heavy (non-hydrogen) atoms. The molecular formula is C11H14F2N2O. The van der Waals surface area contributed by atoms with Gasteiger partial charge in [0, 0.05) is 24.9 Å². The molecule has 1 amide bonds. The van der Waals surface area contributed by atoms with Crippen LogP contribution in [0.1, 0.15) is 29.8 Å². The lowest BCUT2D eigenvalue weighted by Gasteiger charge is -2.20. The minimum atomic E-state index is -2.93. The average molecular weight is 228 g/mol. The number of carbonyl (C=O) groups is 1. The zero-order chi connectivity index (χ0) is 12.3. The molecule has 1 N–H and O–H groups in total. The maximum absolute atomic E-state index is 12.9. The lowest BCUT2D eigenvalue weighted by atomic mass is 10.1. The highest BCUT2D eigenvalue weighted by Crippen LogP contribution is 2.17. The number of carbonyl (C=O) groups excluding carboxylic acids is 1. The van der Waals surface area contributed by atoms with Crippen LogP contribution in [-0.4, -0.2) is 22.9 Å². The van der Waals surface area contributed by atoms with Crippen LogP contribution in [-0.2, 0) is 0 Å². The van der Waals surface area contributed by atoms with E-state index in [2.05, 4.69) is 10.3 Å². The highest BCUT2D eigenvalue weighted by atomic mass is 19.3. The van der Waals surface area contributed by atoms with E-state index < -0.39 is 17.9 Å². The van der Waals surface area contributed by atoms with Gasteiger partial charge in [0.1, 0.15) is 0 Å². The molecule has 0 aliphatic heterocycles. The van der Waals surface area contributed by atoms with Crippen LogP contribution in [0, 0.1) is 6.92 Å². The van der Waals surface area contributed by atoms with E-state index in [1.807, 2.05) is 0 Å². The Hall–Kier alpha value is -1.52. The van der Waals surface area contributed by atoms with E-state index in [-0.39, 0.29) is 0 Å². The van der Waals surface area contributed by atoms with Gasteiger partial charge in [0.25, 0.3) is 11.8 Å². The van der Waals surface area contributed by atoms with Crippen LogP contribution >= 0.6 is 0 Å². The fourth-order valence-electron chi connectivity index (χ4n) is 1.13. The fraction of sp³-hybridized carbons (Fsp3) is 0.455. The van der Waals surface area contributed by atoms with Gasteiger partial charge in [-0.05, 0) is 25.5 Å². The summed E-state index contributed by atoms with van der Waals surface area (Å²) < 4.78 is 25.7. The minimum Gasteiger partial charge on any atom is -0.344 e. The molecule has 1 heterocycles. The standard InChI is InChI=1S/C11H14F2N2O/c1-7-6-14-5-4-9(7)10(16)15-8(2)11(3,12)13/h4-6,8H,1-3H3,(H,15,16). The number of nitrogens with one attached hydrogen (secondary N) is 1. The Morgan fingerprint density at radius 2 is 2.19 bits per heavy atom. The summed E-state index contributed by atoms with van der Waals surface area (Å²) >= 11 is 0. The van der Waals surface area contributed by atoms with E-state index >= 15 is 0 Å². The Morgan fingerprint density at radius 3 is 2.69 bits per heavy atom. The Balaban J connectivity index is 2.78. The largest absolute Gasteiger partial charge is 0.344 e. The number of alkyl halides is 2. The van der Waals surface area contributed by atoms with Crippen molar-refractivity contribution in [3.8, 4) is 0 Å². The molecule has 0 aromatic carbocycles. The Morgan fingerprint density at radius 1 is 1.56 bits per heavy atom. The average Bonchev–Trinajstić information content (AvgIpc) is 2.16. The molecule has 1 atom stereocenters. The predicted octanol–water partition coefficient (Wildman–Crippen LogP) is 2.16. The molecular weight excluding hydrogens is 214 g/mol. The van der Waals surface area contributed by atoms with Crippen molar-refractivity contribution in [2.24, 2.45) is 0 Å². The van der Waals surface area contributed by atoms with E-state index in [1.165, 1.54) is 25.4 Å². The first-order chi connectivity index (χ1) is 7.32. The predicted molar refractivity (Wildman–Crippen MR) is 56.5 cm³/mol. The lowest BCUT2D eigenvalue weighted by molar-refractivity contribution is -0.0108. The van der Waals surface area contributed by atoms with Gasteiger partial charge in [-0.3, -0.25) is 9.78 Å². The number of hydrogen-bond donors (Lipinski definition) is 1. The third-order valence-electron chi connectivity index (χ3n) is 2.37. The van der Waals surface area contributed by atoms with Crippen LogP contribution in [0.15, 0.2) is 18.5 Å². The summed E-state index contributed by atoms with van der Waals surface area (Å²) in [6.07, 6.45) is 2.97. The fourth-order valence-corrected chi connectivity index (χ4v) is 1.13. The SMILES string of the molecule is Cc1cnccc1C(=O)NC(C)C(C)(F)F. The second kappa shape index (κ2) is 4.55. The summed E-state index contributed by atoms with van der Waals surface area (Å²) in [7, 11) is 0. The van der Waals surface area contributed by atoms with Gasteiger partial charge in [0.05, 0.1) is 6.04 Å². The number of hydrogen-bond acceptors (Lipinski definition) is 2. The molecule has 1 aromatic heterocycles. The molecule has 1 unspecified atom stereocenters. The normalized spacial score (nSPS) is 13.3. The van der Waals surface area contributed by atoms with Gasteiger partial charge in [-0.2, -0.15) is 0 Å². The molecule has 0 spiro atoms. The Bertz CT molecular complexity index is 388. The van der Waals surface area contributed by atoms with Gasteiger partial charge in [0.2, 0.25) is 0 Å². The number of rotatable bonds is 3. The van der Waals surface area contributed by atoms with Crippen molar-refractivity contribution < 1.29 is 13.6 Å². The summed E-state index contributed by atoms with van der Waals surface area (Å²) in [5, 5.41) is 2.26. The molecule has 0 bridgehead atoms. The second-order valence-electron chi connectivity index (χ2n) is 3.84. The van der Waals surface area contributed by atoms with Crippen LogP contribution in [0.5, 0.6) is 0 Å². The molecule has 88 valence electrons. The molecule has 0 radical (unpaired) electrons. The smallest absolute Gasteiger partial charge is 0.264 e. The number of halogens is 2. The Labute approximate surface area is 92.9 Å². The molecule has 0 aliphatic carbocycles. The van der Waals surface area contributed by atoms with Crippen molar-refractivity contribution in [1.82, 2.24) is 10.3 Å². The molecule has 5 heteroatoms. The van der Waals surface area contributed by atoms with Crippen molar-refractivity contribution in [3.63, 3.8) is 0 Å². The van der Waals surface area contributed by atoms with Crippen molar-refractivity contribution >= 4 is 5.91 Å². The highest BCUT2D eigenvalue weighted by molar-refractivity contribution is 5.95. The first-order valence-corrected chi connectivity index (χ1v) is 4.91. The van der Waals surface area contributed by atoms with Gasteiger partial charge in [-0.15, -0.1) is 0 Å². The van der Waals surface area contributed by atoms with Crippen LogP contribution in [0.4, 0.5) is 8.78 Å². The van der Waals surface area contributed by atoms with Crippen LogP contribution in [0.3, 0.4) is 0 Å². The number of nitrogens with zero attached hydrogens (tertiary/aromatic N) is 1. The molecule has 0 aliphatic rings. The van der Waals surface area contributed by atoms with E-state index in [9.17, 15) is 13.6 Å². The zero-order valence-electron chi connectivity index (χ0n) is 9.42. The van der Waals surface area contributed by atoms with Crippen molar-refractivity contribution in [3.05, 3.63) is 29.6 Å². The minimum absolute atomic E-state index is 0.367. The summed E-state index contributed by atoms with van der Waals surface area (Å²) in [5.74, 6) is -3.44. The van der Waals surface area contributed by atoms with Gasteiger partial charge in [0.15, 0.2) is 0 Å². The summed E-state index contributed by atoms with van der Waals surface area (Å²) in [6.45, 7) is 3.75. The van der Waals surface area contributed by atoms with E-state index in [4.69, 9.17) is 0 Å². The summed E-state index contributed by atoms with van der Waals surface area (Å²) in [6, 6.07) is 0.304. The first-order valence-electron chi connectivity index (χ1n) is 4.91. The van der Waals surface area contributed by atoms with Gasteiger partial charge >= 0.3 is 0 Å². The number of pyridine rings is 1. The van der Waals surface area contributed by atoms with Crippen molar-refractivity contribution in [2.45, 2.75) is 32.7 Å². The quantitative estimate of drug-likeness (QED) is 0.861. The third kappa shape index (κ3) is 2.98. The Kier molecular flexibility index (Phi) is 3.57. The van der Waals surface area contributed by atoms with E-state index in [1.54, 1.807) is 6.92 Å². The molecule has 0 saturated carbocycles. The maximum atomic E-state index is 12.9. The van der Waals surface area contributed by atoms with Gasteiger partial charge < -0.3 is 5.32 Å². The summed E-state index contributed by atoms with van der Waals surface area (Å²) in [5.41, 5.74) is 1.03. The number of aryl methyl sites for hydroxylation is 1. The molecule has 1 aromatic rings. The van der Waals surface area contributed by atoms with Crippen LogP contribution in [0.2, 0.25) is 0 Å². The number of aromatic nitrogens is 1. The lowest BCUT2D eigenvalue weighted by Crippen LogP contribution is -2.44. The molecule has 3 nitrogen and oxygen atoms in total. The molecule has 0 fully saturated rings. The van der Waals surface area contributed by atoms with Crippen LogP contribution in [0.25, 0.3) is 0 Å². The zero-order valence-corrected chi connectivity index (χ0v) is 9.42. The third-order valence-corrected chi connectivity index (χ3v) is 2.37. The highest BCUT2D eigenvalue weighted by Gasteiger charge is 2.31. The topological polar surface area (TPSA) is 42.0 Å². The van der Waals surface area contributed by atoms with Gasteiger partial charge in [-0.25, -0.2) is 8.78 Å². The summed E-state index contributed by atoms with van der Waals surface area (Å²) in [4.78, 5) is 15.5. The van der Waals surface area contributed by atoms with E-state index in [0.717, 1.165) is 6.92 Å². The van der Waals surface area contributed by atoms with E-state index in [0.29, 0.717) is 11.1 Å².